The van der Waals surface area contributed by atoms with Crippen molar-refractivity contribution in [3.8, 4) is 0 Å². The van der Waals surface area contributed by atoms with Crippen LogP contribution in [0.3, 0.4) is 0 Å². The van der Waals surface area contributed by atoms with Crippen molar-refractivity contribution in [1.82, 2.24) is 0 Å². The smallest absolute Gasteiger partial charge is 0.0315 e. The molecule has 6 N–H and O–H groups in total. The maximum atomic E-state index is 5.42. The van der Waals surface area contributed by atoms with Gasteiger partial charge in [-0.05, 0) is 37.2 Å². The van der Waals surface area contributed by atoms with Crippen molar-refractivity contribution in [3.63, 3.8) is 0 Å². The Morgan fingerprint density at radius 2 is 0.952 bits per heavy atom. The fourth-order valence-corrected chi connectivity index (χ4v) is 2.13. The summed E-state index contributed by atoms with van der Waals surface area (Å²) in [6.45, 7) is 3.14. The highest BCUT2D eigenvalue weighted by molar-refractivity contribution is 5.47. The lowest BCUT2D eigenvalue weighted by Gasteiger charge is -2.00. The molecule has 0 aliphatic rings. The van der Waals surface area contributed by atoms with Crippen LogP contribution in [0, 0.1) is 0 Å². The number of hydrogen-bond acceptors (Lipinski definition) is 3. The minimum Gasteiger partial charge on any atom is -0.399 e. The van der Waals surface area contributed by atoms with Crippen LogP contribution in [-0.4, -0.2) is 6.54 Å². The highest BCUT2D eigenvalue weighted by Crippen LogP contribution is 2.09. The molecule has 1 rings (SSSR count). The van der Waals surface area contributed by atoms with Gasteiger partial charge in [0.2, 0.25) is 0 Å². The lowest BCUT2D eigenvalue weighted by Crippen LogP contribution is -1.97. The number of nitrogen functional groups attached to an aromatic ring is 2. The van der Waals surface area contributed by atoms with E-state index in [-0.39, 0.29) is 0 Å². The molecular formula is C18H35N3. The van der Waals surface area contributed by atoms with Gasteiger partial charge in [-0.15, -0.1) is 0 Å². The molecule has 0 atom stereocenters. The molecule has 0 radical (unpaired) electrons. The molecule has 0 aliphatic carbocycles. The summed E-state index contributed by atoms with van der Waals surface area (Å²) in [4.78, 5) is 0. The van der Waals surface area contributed by atoms with Crippen LogP contribution in [0.5, 0.6) is 0 Å². The first-order valence-corrected chi connectivity index (χ1v) is 8.51. The van der Waals surface area contributed by atoms with Crippen molar-refractivity contribution in [2.45, 2.75) is 71.1 Å². The molecule has 1 aromatic carbocycles. The van der Waals surface area contributed by atoms with Crippen molar-refractivity contribution < 1.29 is 0 Å². The highest BCUT2D eigenvalue weighted by Gasteiger charge is 1.91. The first-order chi connectivity index (χ1) is 10.2. The van der Waals surface area contributed by atoms with Crippen LogP contribution in [0.2, 0.25) is 0 Å². The van der Waals surface area contributed by atoms with Crippen LogP contribution in [0.25, 0.3) is 0 Å². The molecule has 0 saturated carbocycles. The summed E-state index contributed by atoms with van der Waals surface area (Å²) < 4.78 is 0. The lowest BCUT2D eigenvalue weighted by atomic mass is 10.1. The molecule has 0 unspecified atom stereocenters. The minimum absolute atomic E-state index is 0.749. The predicted octanol–water partition coefficient (Wildman–Crippen LogP) is 4.72. The SMILES string of the molecule is CCCCCCCCCCCCN.Nc1ccc(N)cc1. The Labute approximate surface area is 131 Å². The molecule has 122 valence electrons. The Balaban J connectivity index is 0.000000423. The van der Waals surface area contributed by atoms with Gasteiger partial charge >= 0.3 is 0 Å². The Morgan fingerprint density at radius 1 is 0.619 bits per heavy atom. The molecule has 3 nitrogen and oxygen atoms in total. The Kier molecular flexibility index (Phi) is 14.3. The summed E-state index contributed by atoms with van der Waals surface area (Å²) in [7, 11) is 0. The van der Waals surface area contributed by atoms with Crippen LogP contribution in [0.15, 0.2) is 24.3 Å². The first-order valence-electron chi connectivity index (χ1n) is 8.51. The van der Waals surface area contributed by atoms with Crippen molar-refractivity contribution in [2.24, 2.45) is 5.73 Å². The monoisotopic (exact) mass is 293 g/mol. The summed E-state index contributed by atoms with van der Waals surface area (Å²) in [5, 5.41) is 0. The van der Waals surface area contributed by atoms with Gasteiger partial charge in [0.25, 0.3) is 0 Å². The molecule has 0 aromatic heterocycles. The minimum atomic E-state index is 0.749. The van der Waals surface area contributed by atoms with Crippen molar-refractivity contribution in [2.75, 3.05) is 18.0 Å². The quantitative estimate of drug-likeness (QED) is 0.431. The molecular weight excluding hydrogens is 258 g/mol. The molecule has 0 heterocycles. The van der Waals surface area contributed by atoms with E-state index in [0.717, 1.165) is 17.9 Å². The number of rotatable bonds is 10. The van der Waals surface area contributed by atoms with Crippen LogP contribution in [-0.2, 0) is 0 Å². The Morgan fingerprint density at radius 3 is 1.29 bits per heavy atom. The number of nitrogens with two attached hydrogens (primary N) is 3. The molecule has 0 aliphatic heterocycles. The molecule has 0 saturated heterocycles. The molecule has 21 heavy (non-hydrogen) atoms. The lowest BCUT2D eigenvalue weighted by molar-refractivity contribution is 0.558. The van der Waals surface area contributed by atoms with Crippen LogP contribution in [0.1, 0.15) is 71.1 Å². The van der Waals surface area contributed by atoms with Gasteiger partial charge in [-0.3, -0.25) is 0 Å². The summed E-state index contributed by atoms with van der Waals surface area (Å²) >= 11 is 0. The number of benzene rings is 1. The van der Waals surface area contributed by atoms with E-state index in [1.165, 1.54) is 64.2 Å². The summed E-state index contributed by atoms with van der Waals surface area (Å²) in [6, 6.07) is 7.09. The van der Waals surface area contributed by atoms with Gasteiger partial charge in [0.1, 0.15) is 0 Å². The summed E-state index contributed by atoms with van der Waals surface area (Å²) in [5.41, 5.74) is 17.7. The predicted molar refractivity (Wildman–Crippen MR) is 96.2 cm³/mol. The maximum Gasteiger partial charge on any atom is 0.0315 e. The van der Waals surface area contributed by atoms with Crippen LogP contribution in [0.4, 0.5) is 11.4 Å². The van der Waals surface area contributed by atoms with E-state index in [2.05, 4.69) is 6.92 Å². The van der Waals surface area contributed by atoms with Crippen LogP contribution >= 0.6 is 0 Å². The maximum absolute atomic E-state index is 5.42. The molecule has 3 heteroatoms. The zero-order valence-corrected chi connectivity index (χ0v) is 13.8. The van der Waals surface area contributed by atoms with Gasteiger partial charge in [-0.25, -0.2) is 0 Å². The van der Waals surface area contributed by atoms with Gasteiger partial charge in [-0.1, -0.05) is 64.7 Å². The number of anilines is 2. The Bertz CT molecular complexity index is 278. The van der Waals surface area contributed by atoms with Gasteiger partial charge in [0.05, 0.1) is 0 Å². The van der Waals surface area contributed by atoms with Crippen molar-refractivity contribution >= 4 is 11.4 Å². The van der Waals surface area contributed by atoms with E-state index >= 15 is 0 Å². The van der Waals surface area contributed by atoms with E-state index in [1.54, 1.807) is 24.3 Å². The topological polar surface area (TPSA) is 78.1 Å². The highest BCUT2D eigenvalue weighted by atomic mass is 14.6. The van der Waals surface area contributed by atoms with Gasteiger partial charge in [0.15, 0.2) is 0 Å². The average molecular weight is 293 g/mol. The van der Waals surface area contributed by atoms with E-state index < -0.39 is 0 Å². The zero-order valence-electron chi connectivity index (χ0n) is 13.8. The second-order valence-electron chi connectivity index (χ2n) is 5.64. The second-order valence-corrected chi connectivity index (χ2v) is 5.64. The summed E-state index contributed by atoms with van der Waals surface area (Å²) in [5.74, 6) is 0. The molecule has 0 spiro atoms. The molecule has 0 bridgehead atoms. The molecule has 0 fully saturated rings. The first kappa shape index (κ1) is 19.8. The van der Waals surface area contributed by atoms with Crippen molar-refractivity contribution in [1.29, 1.82) is 0 Å². The fraction of sp³-hybridized carbons (Fsp3) is 0.667. The van der Waals surface area contributed by atoms with Gasteiger partial charge in [0, 0.05) is 11.4 Å². The van der Waals surface area contributed by atoms with E-state index in [9.17, 15) is 0 Å². The average Bonchev–Trinajstić information content (AvgIpc) is 2.49. The van der Waals surface area contributed by atoms with E-state index in [1.807, 2.05) is 0 Å². The van der Waals surface area contributed by atoms with Crippen molar-refractivity contribution in [3.05, 3.63) is 24.3 Å². The zero-order chi connectivity index (χ0) is 15.8. The van der Waals surface area contributed by atoms with E-state index in [4.69, 9.17) is 17.2 Å². The van der Waals surface area contributed by atoms with E-state index in [0.29, 0.717) is 0 Å². The van der Waals surface area contributed by atoms with Gasteiger partial charge < -0.3 is 17.2 Å². The molecule has 0 amide bonds. The Hall–Kier alpha value is -1.22. The fourth-order valence-electron chi connectivity index (χ4n) is 2.13. The third-order valence-corrected chi connectivity index (χ3v) is 3.49. The second kappa shape index (κ2) is 15.2. The third-order valence-electron chi connectivity index (χ3n) is 3.49. The van der Waals surface area contributed by atoms with Gasteiger partial charge in [-0.2, -0.15) is 0 Å². The third kappa shape index (κ3) is 15.0. The number of hydrogen-bond donors (Lipinski definition) is 3. The normalized spacial score (nSPS) is 10.0. The standard InChI is InChI=1S/C12H27N.C6H8N2/c1-2-3-4-5-6-7-8-9-10-11-12-13;7-5-1-2-6(8)4-3-5/h2-13H2,1H3;1-4H,7-8H2. The molecule has 1 aromatic rings. The number of unbranched alkanes of at least 4 members (excludes halogenated alkanes) is 9. The largest absolute Gasteiger partial charge is 0.399 e. The summed E-state index contributed by atoms with van der Waals surface area (Å²) in [6.07, 6.45) is 13.9. The van der Waals surface area contributed by atoms with Crippen LogP contribution < -0.4 is 17.2 Å².